The minimum atomic E-state index is -0.751. The van der Waals surface area contributed by atoms with Crippen molar-refractivity contribution in [3.05, 3.63) is 29.6 Å². The molecule has 0 saturated heterocycles. The van der Waals surface area contributed by atoms with Gasteiger partial charge in [0.1, 0.15) is 18.9 Å². The van der Waals surface area contributed by atoms with Crippen molar-refractivity contribution < 1.29 is 9.50 Å². The summed E-state index contributed by atoms with van der Waals surface area (Å²) in [5.41, 5.74) is 0.651. The Morgan fingerprint density at radius 3 is 2.35 bits per heavy atom. The minimum absolute atomic E-state index is 0.0570. The molecule has 0 aliphatic carbocycles. The van der Waals surface area contributed by atoms with E-state index in [4.69, 9.17) is 10.5 Å². The lowest BCUT2D eigenvalue weighted by molar-refractivity contribution is 0.199. The highest BCUT2D eigenvalue weighted by molar-refractivity contribution is 5.51. The molecule has 0 saturated carbocycles. The largest absolute Gasteiger partial charge is 0.389 e. The third kappa shape index (κ3) is 3.17. The Morgan fingerprint density at radius 2 is 1.94 bits per heavy atom. The van der Waals surface area contributed by atoms with Gasteiger partial charge in [-0.3, -0.25) is 0 Å². The van der Waals surface area contributed by atoms with Crippen LogP contribution >= 0.6 is 0 Å². The fourth-order valence-electron chi connectivity index (χ4n) is 1.44. The highest BCUT2D eigenvalue weighted by Gasteiger charge is 2.12. The Hall–Kier alpha value is -2.11. The Labute approximate surface area is 99.1 Å². The van der Waals surface area contributed by atoms with Gasteiger partial charge < -0.3 is 10.0 Å². The SMILES string of the molecule is C[C@H](O)c1ccc(N(CC#N)CC#N)c(F)c1. The van der Waals surface area contributed by atoms with E-state index in [1.807, 2.05) is 12.1 Å². The van der Waals surface area contributed by atoms with Gasteiger partial charge in [0.25, 0.3) is 0 Å². The molecule has 0 radical (unpaired) electrons. The number of benzene rings is 1. The van der Waals surface area contributed by atoms with Crippen molar-refractivity contribution in [2.24, 2.45) is 0 Å². The number of nitrogens with zero attached hydrogens (tertiary/aromatic N) is 3. The van der Waals surface area contributed by atoms with E-state index in [1.54, 1.807) is 6.07 Å². The van der Waals surface area contributed by atoms with E-state index in [0.29, 0.717) is 5.56 Å². The van der Waals surface area contributed by atoms with E-state index < -0.39 is 11.9 Å². The molecule has 0 aliphatic rings. The first kappa shape index (κ1) is 13.0. The molecule has 4 nitrogen and oxygen atoms in total. The fourth-order valence-corrected chi connectivity index (χ4v) is 1.44. The van der Waals surface area contributed by atoms with Gasteiger partial charge in [-0.1, -0.05) is 6.07 Å². The van der Waals surface area contributed by atoms with Gasteiger partial charge in [0.05, 0.1) is 23.9 Å². The van der Waals surface area contributed by atoms with Crippen molar-refractivity contribution in [2.75, 3.05) is 18.0 Å². The zero-order valence-electron chi connectivity index (χ0n) is 9.39. The summed E-state index contributed by atoms with van der Waals surface area (Å²) in [6.07, 6.45) is -0.751. The topological polar surface area (TPSA) is 71.0 Å². The molecule has 0 aliphatic heterocycles. The Bertz CT molecular complexity index is 458. The maximum atomic E-state index is 13.7. The van der Waals surface area contributed by atoms with Crippen LogP contribution < -0.4 is 4.90 Å². The molecule has 88 valence electrons. The van der Waals surface area contributed by atoms with Crippen LogP contribution in [0.5, 0.6) is 0 Å². The lowest BCUT2D eigenvalue weighted by Crippen LogP contribution is -2.24. The quantitative estimate of drug-likeness (QED) is 0.804. The fraction of sp³-hybridized carbons (Fsp3) is 0.333. The molecule has 1 N–H and O–H groups in total. The summed E-state index contributed by atoms with van der Waals surface area (Å²) in [5, 5.41) is 26.5. The van der Waals surface area contributed by atoms with Gasteiger partial charge in [0, 0.05) is 0 Å². The molecule has 1 rings (SSSR count). The number of aliphatic hydroxyl groups is 1. The van der Waals surface area contributed by atoms with Crippen LogP contribution in [0, 0.1) is 28.5 Å². The first-order valence-electron chi connectivity index (χ1n) is 5.06. The Balaban J connectivity index is 3.05. The van der Waals surface area contributed by atoms with E-state index in [1.165, 1.54) is 24.0 Å². The molecule has 0 aromatic heterocycles. The molecule has 17 heavy (non-hydrogen) atoms. The summed E-state index contributed by atoms with van der Waals surface area (Å²) in [6, 6.07) is 8.00. The van der Waals surface area contributed by atoms with Crippen LogP contribution in [0.4, 0.5) is 10.1 Å². The highest BCUT2D eigenvalue weighted by atomic mass is 19.1. The minimum Gasteiger partial charge on any atom is -0.389 e. The molecule has 0 spiro atoms. The molecule has 0 unspecified atom stereocenters. The molecule has 1 aromatic carbocycles. The summed E-state index contributed by atoms with van der Waals surface area (Å²) in [4.78, 5) is 1.33. The van der Waals surface area contributed by atoms with Crippen molar-refractivity contribution in [3.63, 3.8) is 0 Å². The predicted octanol–water partition coefficient (Wildman–Crippen LogP) is 1.73. The number of hydrogen-bond acceptors (Lipinski definition) is 4. The second-order valence-corrected chi connectivity index (χ2v) is 3.56. The molecule has 0 heterocycles. The van der Waals surface area contributed by atoms with E-state index in [-0.39, 0.29) is 18.8 Å². The third-order valence-corrected chi connectivity index (χ3v) is 2.32. The lowest BCUT2D eigenvalue weighted by Gasteiger charge is -2.19. The van der Waals surface area contributed by atoms with Crippen molar-refractivity contribution in [1.29, 1.82) is 10.5 Å². The van der Waals surface area contributed by atoms with Gasteiger partial charge >= 0.3 is 0 Å². The summed E-state index contributed by atoms with van der Waals surface area (Å²) >= 11 is 0. The number of hydrogen-bond donors (Lipinski definition) is 1. The second kappa shape index (κ2) is 5.83. The van der Waals surface area contributed by atoms with Gasteiger partial charge in [-0.25, -0.2) is 4.39 Å². The second-order valence-electron chi connectivity index (χ2n) is 3.56. The van der Waals surface area contributed by atoms with Gasteiger partial charge in [0.15, 0.2) is 0 Å². The Kier molecular flexibility index (Phi) is 4.45. The summed E-state index contributed by atoms with van der Waals surface area (Å²) < 4.78 is 13.7. The van der Waals surface area contributed by atoms with Crippen LogP contribution in [0.1, 0.15) is 18.6 Å². The maximum absolute atomic E-state index is 13.7. The first-order chi connectivity index (χ1) is 8.10. The summed E-state index contributed by atoms with van der Waals surface area (Å²) in [5.74, 6) is -0.547. The molecule has 0 bridgehead atoms. The van der Waals surface area contributed by atoms with Crippen molar-refractivity contribution in [3.8, 4) is 12.1 Å². The Morgan fingerprint density at radius 1 is 1.35 bits per heavy atom. The number of aliphatic hydroxyl groups excluding tert-OH is 1. The van der Waals surface area contributed by atoms with Gasteiger partial charge in [-0.15, -0.1) is 0 Å². The average Bonchev–Trinajstić information content (AvgIpc) is 2.28. The monoisotopic (exact) mass is 233 g/mol. The van der Waals surface area contributed by atoms with Crippen LogP contribution in [-0.2, 0) is 0 Å². The van der Waals surface area contributed by atoms with Crippen LogP contribution in [-0.4, -0.2) is 18.2 Å². The first-order valence-corrected chi connectivity index (χ1v) is 5.06. The van der Waals surface area contributed by atoms with Crippen LogP contribution in [0.2, 0.25) is 0 Å². The standard InChI is InChI=1S/C12H12FN3O/c1-9(17)10-2-3-12(11(13)8-10)16(6-4-14)7-5-15/h2-3,8-9,17H,6-7H2,1H3/t9-/m0/s1. The van der Waals surface area contributed by atoms with Crippen molar-refractivity contribution >= 4 is 5.69 Å². The lowest BCUT2D eigenvalue weighted by atomic mass is 10.1. The third-order valence-electron chi connectivity index (χ3n) is 2.32. The zero-order valence-corrected chi connectivity index (χ0v) is 9.39. The van der Waals surface area contributed by atoms with E-state index in [2.05, 4.69) is 0 Å². The van der Waals surface area contributed by atoms with Gasteiger partial charge in [0.2, 0.25) is 0 Å². The zero-order chi connectivity index (χ0) is 12.8. The van der Waals surface area contributed by atoms with E-state index in [0.717, 1.165) is 0 Å². The molecule has 0 fully saturated rings. The predicted molar refractivity (Wildman–Crippen MR) is 60.5 cm³/mol. The highest BCUT2D eigenvalue weighted by Crippen LogP contribution is 2.23. The number of halogens is 1. The summed E-state index contributed by atoms with van der Waals surface area (Å²) in [6.45, 7) is 1.42. The smallest absolute Gasteiger partial charge is 0.146 e. The molecular weight excluding hydrogens is 221 g/mol. The average molecular weight is 233 g/mol. The van der Waals surface area contributed by atoms with Crippen molar-refractivity contribution in [1.82, 2.24) is 0 Å². The molecule has 1 aromatic rings. The molecular formula is C12H12FN3O. The molecule has 1 atom stereocenters. The van der Waals surface area contributed by atoms with Gasteiger partial charge in [-0.05, 0) is 24.6 Å². The molecule has 0 amide bonds. The molecule has 5 heteroatoms. The van der Waals surface area contributed by atoms with E-state index in [9.17, 15) is 9.50 Å². The van der Waals surface area contributed by atoms with E-state index >= 15 is 0 Å². The normalized spacial score (nSPS) is 11.4. The summed E-state index contributed by atoms with van der Waals surface area (Å²) in [7, 11) is 0. The number of nitriles is 2. The number of anilines is 1. The van der Waals surface area contributed by atoms with Crippen LogP contribution in [0.3, 0.4) is 0 Å². The van der Waals surface area contributed by atoms with Crippen molar-refractivity contribution in [2.45, 2.75) is 13.0 Å². The maximum Gasteiger partial charge on any atom is 0.146 e. The number of rotatable bonds is 4. The van der Waals surface area contributed by atoms with Crippen LogP contribution in [0.15, 0.2) is 18.2 Å². The van der Waals surface area contributed by atoms with Gasteiger partial charge in [-0.2, -0.15) is 10.5 Å². The van der Waals surface area contributed by atoms with Crippen LogP contribution in [0.25, 0.3) is 0 Å².